The Morgan fingerprint density at radius 1 is 1.04 bits per heavy atom. The smallest absolute Gasteiger partial charge is 0.497 e. The van der Waals surface area contributed by atoms with Crippen molar-refractivity contribution in [3.63, 3.8) is 0 Å². The second kappa shape index (κ2) is 13.7. The molecular formula is C35H35F3N6O3S. The van der Waals surface area contributed by atoms with Gasteiger partial charge in [-0.2, -0.15) is 4.99 Å². The molecule has 0 bridgehead atoms. The van der Waals surface area contributed by atoms with Crippen LogP contribution in [0.3, 0.4) is 0 Å². The SMILES string of the molecule is COc1ccc(-n2c(C)cs/c2=N\C(=O)NC2CCCC2c2ccc(-c3ncn(-c4ccc(OC(F)(F)F)cc4)n3)cc2)c(C(C)C)c1. The van der Waals surface area contributed by atoms with Crippen LogP contribution in [0, 0.1) is 6.92 Å². The number of hydrogen-bond donors (Lipinski definition) is 1. The molecule has 0 saturated heterocycles. The predicted molar refractivity (Wildman–Crippen MR) is 177 cm³/mol. The molecule has 1 fully saturated rings. The fourth-order valence-electron chi connectivity index (χ4n) is 6.10. The Kier molecular flexibility index (Phi) is 9.40. The first-order valence-corrected chi connectivity index (χ1v) is 16.5. The van der Waals surface area contributed by atoms with Crippen LogP contribution in [0.15, 0.2) is 83.4 Å². The molecule has 2 aromatic heterocycles. The van der Waals surface area contributed by atoms with Gasteiger partial charge in [0.25, 0.3) is 0 Å². The number of carbonyl (C=O) groups is 1. The van der Waals surface area contributed by atoms with Crippen molar-refractivity contribution in [3.05, 3.63) is 100 Å². The van der Waals surface area contributed by atoms with Crippen molar-refractivity contribution in [2.45, 2.75) is 64.3 Å². The highest BCUT2D eigenvalue weighted by Crippen LogP contribution is 2.35. The first-order chi connectivity index (χ1) is 23.0. The third-order valence-electron chi connectivity index (χ3n) is 8.42. The van der Waals surface area contributed by atoms with Gasteiger partial charge < -0.3 is 14.8 Å². The zero-order valence-corrected chi connectivity index (χ0v) is 27.7. The summed E-state index contributed by atoms with van der Waals surface area (Å²) in [5.41, 5.74) is 5.51. The molecule has 13 heteroatoms. The summed E-state index contributed by atoms with van der Waals surface area (Å²) >= 11 is 1.43. The van der Waals surface area contributed by atoms with Gasteiger partial charge in [-0.25, -0.2) is 14.5 Å². The Balaban J connectivity index is 1.15. The highest BCUT2D eigenvalue weighted by molar-refractivity contribution is 7.07. The largest absolute Gasteiger partial charge is 0.573 e. The van der Waals surface area contributed by atoms with E-state index in [2.05, 4.69) is 39.0 Å². The number of alkyl halides is 3. The fraction of sp³-hybridized carbons (Fsp3) is 0.314. The summed E-state index contributed by atoms with van der Waals surface area (Å²) < 4.78 is 50.4. The van der Waals surface area contributed by atoms with E-state index in [1.807, 2.05) is 59.3 Å². The summed E-state index contributed by atoms with van der Waals surface area (Å²) in [5, 5.41) is 9.67. The third kappa shape index (κ3) is 7.30. The maximum Gasteiger partial charge on any atom is 0.573 e. The number of aromatic nitrogens is 4. The van der Waals surface area contributed by atoms with Crippen LogP contribution in [0.4, 0.5) is 18.0 Å². The topological polar surface area (TPSA) is 95.6 Å². The van der Waals surface area contributed by atoms with Crippen LogP contribution in [-0.4, -0.2) is 44.9 Å². The molecule has 1 saturated carbocycles. The average molecular weight is 677 g/mol. The molecule has 48 heavy (non-hydrogen) atoms. The van der Waals surface area contributed by atoms with Crippen molar-refractivity contribution in [2.24, 2.45) is 4.99 Å². The summed E-state index contributed by atoms with van der Waals surface area (Å²) in [7, 11) is 1.65. The van der Waals surface area contributed by atoms with Crippen LogP contribution < -0.4 is 19.6 Å². The minimum Gasteiger partial charge on any atom is -0.497 e. The lowest BCUT2D eigenvalue weighted by molar-refractivity contribution is -0.274. The summed E-state index contributed by atoms with van der Waals surface area (Å²) in [5.74, 6) is 1.32. The van der Waals surface area contributed by atoms with Crippen molar-refractivity contribution >= 4 is 17.4 Å². The highest BCUT2D eigenvalue weighted by Gasteiger charge is 2.31. The number of benzene rings is 3. The van der Waals surface area contributed by atoms with E-state index in [0.717, 1.165) is 53.1 Å². The molecule has 0 radical (unpaired) electrons. The number of nitrogens with zero attached hydrogens (tertiary/aromatic N) is 5. The minimum absolute atomic E-state index is 0.0598. The van der Waals surface area contributed by atoms with Gasteiger partial charge in [0.15, 0.2) is 10.6 Å². The van der Waals surface area contributed by atoms with Crippen LogP contribution in [0.2, 0.25) is 0 Å². The quantitative estimate of drug-likeness (QED) is 0.179. The molecule has 1 aliphatic carbocycles. The molecule has 3 aromatic carbocycles. The zero-order valence-electron chi connectivity index (χ0n) is 26.9. The molecule has 250 valence electrons. The Hall–Kier alpha value is -4.91. The maximum atomic E-state index is 13.3. The van der Waals surface area contributed by atoms with Gasteiger partial charge >= 0.3 is 12.4 Å². The van der Waals surface area contributed by atoms with E-state index in [9.17, 15) is 18.0 Å². The van der Waals surface area contributed by atoms with E-state index in [-0.39, 0.29) is 29.7 Å². The van der Waals surface area contributed by atoms with Crippen molar-refractivity contribution in [2.75, 3.05) is 7.11 Å². The van der Waals surface area contributed by atoms with Crippen LogP contribution in [-0.2, 0) is 0 Å². The first kappa shape index (κ1) is 33.0. The average Bonchev–Trinajstić information content (AvgIpc) is 3.81. The number of methoxy groups -OCH3 is 1. The molecule has 0 aliphatic heterocycles. The molecular weight excluding hydrogens is 641 g/mol. The summed E-state index contributed by atoms with van der Waals surface area (Å²) in [4.78, 5) is 22.8. The molecule has 5 aromatic rings. The van der Waals surface area contributed by atoms with Gasteiger partial charge in [-0.1, -0.05) is 44.5 Å². The summed E-state index contributed by atoms with van der Waals surface area (Å²) in [6.45, 7) is 6.26. The first-order valence-electron chi connectivity index (χ1n) is 15.6. The molecule has 6 rings (SSSR count). The molecule has 2 atom stereocenters. The maximum absolute atomic E-state index is 13.3. The van der Waals surface area contributed by atoms with E-state index in [0.29, 0.717) is 16.3 Å². The van der Waals surface area contributed by atoms with Gasteiger partial charge in [0.2, 0.25) is 0 Å². The van der Waals surface area contributed by atoms with E-state index in [1.54, 1.807) is 7.11 Å². The summed E-state index contributed by atoms with van der Waals surface area (Å²) in [6, 6.07) is 18.9. The van der Waals surface area contributed by atoms with Gasteiger partial charge in [-0.3, -0.25) is 4.57 Å². The Morgan fingerprint density at radius 3 is 2.46 bits per heavy atom. The number of thiazole rings is 1. The molecule has 1 aliphatic rings. The van der Waals surface area contributed by atoms with Crippen LogP contribution in [0.25, 0.3) is 22.8 Å². The number of carbonyl (C=O) groups excluding carboxylic acids is 1. The van der Waals surface area contributed by atoms with Gasteiger partial charge in [0, 0.05) is 28.6 Å². The fourth-order valence-corrected chi connectivity index (χ4v) is 6.96. The molecule has 0 spiro atoms. The van der Waals surface area contributed by atoms with E-state index < -0.39 is 6.36 Å². The predicted octanol–water partition coefficient (Wildman–Crippen LogP) is 8.07. The van der Waals surface area contributed by atoms with Crippen molar-refractivity contribution in [3.8, 4) is 34.3 Å². The number of amides is 2. The Bertz CT molecular complexity index is 1960. The lowest BCUT2D eigenvalue weighted by Crippen LogP contribution is -2.36. The minimum atomic E-state index is -4.75. The Labute approximate surface area is 279 Å². The molecule has 2 unspecified atom stereocenters. The van der Waals surface area contributed by atoms with E-state index in [1.165, 1.54) is 46.6 Å². The lowest BCUT2D eigenvalue weighted by atomic mass is 9.93. The van der Waals surface area contributed by atoms with Gasteiger partial charge in [0.1, 0.15) is 17.8 Å². The number of aryl methyl sites for hydroxylation is 1. The van der Waals surface area contributed by atoms with Crippen LogP contribution >= 0.6 is 11.3 Å². The third-order valence-corrected chi connectivity index (χ3v) is 9.37. The molecule has 1 N–H and O–H groups in total. The second-order valence-electron chi connectivity index (χ2n) is 12.0. The number of ether oxygens (including phenoxy) is 2. The van der Waals surface area contributed by atoms with Crippen molar-refractivity contribution in [1.29, 1.82) is 0 Å². The van der Waals surface area contributed by atoms with Crippen LogP contribution in [0.1, 0.15) is 61.8 Å². The van der Waals surface area contributed by atoms with Crippen molar-refractivity contribution < 1.29 is 27.4 Å². The normalized spacial score (nSPS) is 16.8. The monoisotopic (exact) mass is 676 g/mol. The van der Waals surface area contributed by atoms with Crippen molar-refractivity contribution in [1.82, 2.24) is 24.6 Å². The number of nitrogens with one attached hydrogen (secondary N) is 1. The number of rotatable bonds is 8. The standard InChI is InChI=1S/C35H35F3N6O3S/c1-21(2)29-18-27(46-4)16-17-31(29)44-22(3)19-48-34(44)41-33(45)40-30-7-5-6-28(30)23-8-10-24(11-9-23)32-39-20-43(42-32)25-12-14-26(15-13-25)47-35(36,37)38/h8-21,28,30H,5-7H2,1-4H3,(H,40,45)/b41-34-. The van der Waals surface area contributed by atoms with Gasteiger partial charge in [-0.05, 0) is 79.3 Å². The number of halogens is 3. The zero-order chi connectivity index (χ0) is 34.0. The number of hydrogen-bond acceptors (Lipinski definition) is 6. The van der Waals surface area contributed by atoms with E-state index >= 15 is 0 Å². The Morgan fingerprint density at radius 2 is 1.77 bits per heavy atom. The molecule has 2 amide bonds. The lowest BCUT2D eigenvalue weighted by Gasteiger charge is -2.20. The number of urea groups is 1. The van der Waals surface area contributed by atoms with Gasteiger partial charge in [0.05, 0.1) is 18.5 Å². The molecule has 9 nitrogen and oxygen atoms in total. The molecule has 2 heterocycles. The van der Waals surface area contributed by atoms with Gasteiger partial charge in [-0.15, -0.1) is 29.6 Å². The van der Waals surface area contributed by atoms with E-state index in [4.69, 9.17) is 4.74 Å². The van der Waals surface area contributed by atoms with Crippen LogP contribution in [0.5, 0.6) is 11.5 Å². The second-order valence-corrected chi connectivity index (χ2v) is 12.8. The summed E-state index contributed by atoms with van der Waals surface area (Å²) in [6.07, 6.45) is -0.473. The highest BCUT2D eigenvalue weighted by atomic mass is 32.1.